The lowest BCUT2D eigenvalue weighted by atomic mass is 10.1. The minimum atomic E-state index is -0.0612. The average molecular weight is 321 g/mol. The number of hydrogen-bond donors (Lipinski definition) is 1. The van der Waals surface area contributed by atoms with Gasteiger partial charge in [0.25, 0.3) is 5.91 Å². The number of rotatable bonds is 12. The molecule has 1 rings (SSSR count). The number of unbranched alkanes of at least 4 members (excludes halogenated alkanes) is 7. The molecule has 130 valence electrons. The molecule has 0 aliphatic carbocycles. The van der Waals surface area contributed by atoms with Crippen molar-refractivity contribution in [3.8, 4) is 11.5 Å². The Morgan fingerprint density at radius 3 is 2.13 bits per heavy atom. The third-order valence-electron chi connectivity index (χ3n) is 3.96. The molecule has 4 heteroatoms. The maximum atomic E-state index is 12.1. The van der Waals surface area contributed by atoms with Gasteiger partial charge in [-0.25, -0.2) is 0 Å². The number of ether oxygens (including phenoxy) is 2. The lowest BCUT2D eigenvalue weighted by molar-refractivity contribution is 0.0952. The van der Waals surface area contributed by atoms with Crippen LogP contribution in [0.15, 0.2) is 18.2 Å². The number of benzene rings is 1. The van der Waals surface area contributed by atoms with Crippen LogP contribution in [0.2, 0.25) is 0 Å². The van der Waals surface area contributed by atoms with E-state index in [0.29, 0.717) is 17.1 Å². The number of amides is 1. The van der Waals surface area contributed by atoms with Crippen LogP contribution >= 0.6 is 0 Å². The molecule has 0 aliphatic rings. The summed E-state index contributed by atoms with van der Waals surface area (Å²) in [7, 11) is 3.15. The van der Waals surface area contributed by atoms with Crippen molar-refractivity contribution in [1.29, 1.82) is 0 Å². The molecule has 0 radical (unpaired) electrons. The van der Waals surface area contributed by atoms with E-state index in [9.17, 15) is 4.79 Å². The van der Waals surface area contributed by atoms with Gasteiger partial charge in [-0.3, -0.25) is 4.79 Å². The van der Waals surface area contributed by atoms with Crippen LogP contribution in [0.25, 0.3) is 0 Å². The van der Waals surface area contributed by atoms with Crippen molar-refractivity contribution in [3.05, 3.63) is 23.8 Å². The van der Waals surface area contributed by atoms with E-state index in [1.54, 1.807) is 32.4 Å². The molecule has 0 saturated carbocycles. The van der Waals surface area contributed by atoms with Crippen molar-refractivity contribution in [2.24, 2.45) is 0 Å². The van der Waals surface area contributed by atoms with Gasteiger partial charge >= 0.3 is 0 Å². The number of carbonyl (C=O) groups excluding carboxylic acids is 1. The number of nitrogens with one attached hydrogen (secondary N) is 1. The van der Waals surface area contributed by atoms with Gasteiger partial charge in [-0.1, -0.05) is 51.9 Å². The summed E-state index contributed by atoms with van der Waals surface area (Å²) in [6.07, 6.45) is 10.1. The molecule has 0 atom stereocenters. The van der Waals surface area contributed by atoms with E-state index < -0.39 is 0 Å². The number of carbonyl (C=O) groups is 1. The zero-order valence-electron chi connectivity index (χ0n) is 14.8. The van der Waals surface area contributed by atoms with Crippen LogP contribution in [-0.4, -0.2) is 26.7 Å². The van der Waals surface area contributed by atoms with Crippen molar-refractivity contribution in [2.45, 2.75) is 58.3 Å². The molecule has 0 aliphatic heterocycles. The Morgan fingerprint density at radius 1 is 0.913 bits per heavy atom. The first-order chi connectivity index (χ1) is 11.2. The molecular formula is C19H31NO3. The molecule has 0 heterocycles. The molecule has 0 unspecified atom stereocenters. The molecule has 1 amide bonds. The van der Waals surface area contributed by atoms with Crippen LogP contribution in [0.3, 0.4) is 0 Å². The Hall–Kier alpha value is -1.71. The third-order valence-corrected chi connectivity index (χ3v) is 3.96. The van der Waals surface area contributed by atoms with Crippen molar-refractivity contribution in [3.63, 3.8) is 0 Å². The first-order valence-corrected chi connectivity index (χ1v) is 8.73. The Balaban J connectivity index is 2.21. The fourth-order valence-electron chi connectivity index (χ4n) is 2.54. The molecule has 0 saturated heterocycles. The molecule has 1 aromatic rings. The van der Waals surface area contributed by atoms with Gasteiger partial charge in [0.05, 0.1) is 14.2 Å². The summed E-state index contributed by atoms with van der Waals surface area (Å²) >= 11 is 0. The molecule has 1 N–H and O–H groups in total. The summed E-state index contributed by atoms with van der Waals surface area (Å²) in [4.78, 5) is 12.1. The van der Waals surface area contributed by atoms with Gasteiger partial charge in [-0.2, -0.15) is 0 Å². The average Bonchev–Trinajstić information content (AvgIpc) is 2.59. The van der Waals surface area contributed by atoms with E-state index in [1.807, 2.05) is 0 Å². The van der Waals surface area contributed by atoms with Crippen molar-refractivity contribution < 1.29 is 14.3 Å². The van der Waals surface area contributed by atoms with Crippen LogP contribution in [0, 0.1) is 0 Å². The van der Waals surface area contributed by atoms with Gasteiger partial charge in [0.1, 0.15) is 0 Å². The number of hydrogen-bond acceptors (Lipinski definition) is 3. The van der Waals surface area contributed by atoms with E-state index in [2.05, 4.69) is 12.2 Å². The molecule has 0 bridgehead atoms. The lowest BCUT2D eigenvalue weighted by Crippen LogP contribution is -2.24. The Bertz CT molecular complexity index is 460. The van der Waals surface area contributed by atoms with E-state index in [0.717, 1.165) is 13.0 Å². The van der Waals surface area contributed by atoms with Gasteiger partial charge < -0.3 is 14.8 Å². The summed E-state index contributed by atoms with van der Waals surface area (Å²) < 4.78 is 10.4. The van der Waals surface area contributed by atoms with Gasteiger partial charge in [0.2, 0.25) is 0 Å². The van der Waals surface area contributed by atoms with Crippen molar-refractivity contribution in [1.82, 2.24) is 5.32 Å². The summed E-state index contributed by atoms with van der Waals surface area (Å²) in [5.41, 5.74) is 0.599. The fourth-order valence-corrected chi connectivity index (χ4v) is 2.54. The van der Waals surface area contributed by atoms with E-state index in [4.69, 9.17) is 9.47 Å². The van der Waals surface area contributed by atoms with Crippen LogP contribution in [0.4, 0.5) is 0 Å². The number of methoxy groups -OCH3 is 2. The standard InChI is InChI=1S/C19H31NO3/c1-4-5-6-7-8-9-10-11-14-20-19(21)16-12-13-17(22-2)18(15-16)23-3/h12-13,15H,4-11,14H2,1-3H3,(H,20,21). The fraction of sp³-hybridized carbons (Fsp3) is 0.632. The van der Waals surface area contributed by atoms with Crippen LogP contribution in [-0.2, 0) is 0 Å². The second kappa shape index (κ2) is 11.8. The first-order valence-electron chi connectivity index (χ1n) is 8.73. The van der Waals surface area contributed by atoms with Crippen molar-refractivity contribution >= 4 is 5.91 Å². The Labute approximate surface area is 140 Å². The summed E-state index contributed by atoms with van der Waals surface area (Å²) in [5, 5.41) is 2.96. The highest BCUT2D eigenvalue weighted by Gasteiger charge is 2.10. The normalized spacial score (nSPS) is 10.4. The molecule has 0 spiro atoms. The predicted molar refractivity (Wildman–Crippen MR) is 94.5 cm³/mol. The van der Waals surface area contributed by atoms with Gasteiger partial charge in [0.15, 0.2) is 11.5 Å². The summed E-state index contributed by atoms with van der Waals surface area (Å²) in [6, 6.07) is 5.22. The predicted octanol–water partition coefficient (Wildman–Crippen LogP) is 4.57. The molecule has 23 heavy (non-hydrogen) atoms. The maximum Gasteiger partial charge on any atom is 0.251 e. The molecule has 4 nitrogen and oxygen atoms in total. The van der Waals surface area contributed by atoms with E-state index >= 15 is 0 Å². The monoisotopic (exact) mass is 321 g/mol. The second-order valence-electron chi connectivity index (χ2n) is 5.80. The first kappa shape index (κ1) is 19.3. The van der Waals surface area contributed by atoms with Crippen LogP contribution in [0.5, 0.6) is 11.5 Å². The summed E-state index contributed by atoms with van der Waals surface area (Å²) in [5.74, 6) is 1.15. The smallest absolute Gasteiger partial charge is 0.251 e. The SMILES string of the molecule is CCCCCCCCCCNC(=O)c1ccc(OC)c(OC)c1. The Morgan fingerprint density at radius 2 is 1.52 bits per heavy atom. The van der Waals surface area contributed by atoms with Gasteiger partial charge in [-0.05, 0) is 24.6 Å². The van der Waals surface area contributed by atoms with E-state index in [1.165, 1.54) is 44.9 Å². The van der Waals surface area contributed by atoms with Crippen LogP contribution in [0.1, 0.15) is 68.6 Å². The second-order valence-corrected chi connectivity index (χ2v) is 5.80. The highest BCUT2D eigenvalue weighted by Crippen LogP contribution is 2.27. The minimum absolute atomic E-state index is 0.0612. The van der Waals surface area contributed by atoms with Gasteiger partial charge in [0, 0.05) is 12.1 Å². The lowest BCUT2D eigenvalue weighted by Gasteiger charge is -2.10. The summed E-state index contributed by atoms with van der Waals surface area (Å²) in [6.45, 7) is 2.96. The quantitative estimate of drug-likeness (QED) is 0.573. The third kappa shape index (κ3) is 7.40. The highest BCUT2D eigenvalue weighted by molar-refractivity contribution is 5.94. The highest BCUT2D eigenvalue weighted by atomic mass is 16.5. The molecule has 0 fully saturated rings. The molecular weight excluding hydrogens is 290 g/mol. The Kier molecular flexibility index (Phi) is 9.92. The van der Waals surface area contributed by atoms with E-state index in [-0.39, 0.29) is 5.91 Å². The zero-order valence-corrected chi connectivity index (χ0v) is 14.8. The molecule has 0 aromatic heterocycles. The maximum absolute atomic E-state index is 12.1. The minimum Gasteiger partial charge on any atom is -0.493 e. The molecule has 1 aromatic carbocycles. The van der Waals surface area contributed by atoms with Gasteiger partial charge in [-0.15, -0.1) is 0 Å². The van der Waals surface area contributed by atoms with Crippen LogP contribution < -0.4 is 14.8 Å². The topological polar surface area (TPSA) is 47.6 Å². The largest absolute Gasteiger partial charge is 0.493 e. The zero-order chi connectivity index (χ0) is 16.9. The van der Waals surface area contributed by atoms with Crippen molar-refractivity contribution in [2.75, 3.05) is 20.8 Å².